The largest absolute Gasteiger partial charge is 0.376 e. The minimum atomic E-state index is -3.58. The first-order valence-corrected chi connectivity index (χ1v) is 10.3. The van der Waals surface area contributed by atoms with E-state index in [1.165, 1.54) is 26.5 Å². The zero-order valence-electron chi connectivity index (χ0n) is 16.1. The van der Waals surface area contributed by atoms with Crippen molar-refractivity contribution in [3.05, 3.63) is 66.7 Å². The Kier molecular flexibility index (Phi) is 6.25. The monoisotopic (exact) mass is 414 g/mol. The molecule has 0 aliphatic heterocycles. The van der Waals surface area contributed by atoms with E-state index in [-0.39, 0.29) is 23.9 Å². The molecule has 3 aromatic rings. The summed E-state index contributed by atoms with van der Waals surface area (Å²) in [7, 11) is -0.629. The van der Waals surface area contributed by atoms with Gasteiger partial charge in [-0.3, -0.25) is 4.79 Å². The molecule has 0 unspecified atom stereocenters. The third-order valence-electron chi connectivity index (χ3n) is 4.21. The van der Waals surface area contributed by atoms with Crippen LogP contribution in [0, 0.1) is 0 Å². The van der Waals surface area contributed by atoms with Crippen LogP contribution >= 0.6 is 0 Å². The molecule has 3 rings (SSSR count). The second-order valence-corrected chi connectivity index (χ2v) is 8.53. The normalized spacial score (nSPS) is 11.4. The van der Waals surface area contributed by atoms with E-state index in [1.54, 1.807) is 29.2 Å². The second-order valence-electron chi connectivity index (χ2n) is 6.41. The number of hydrogen-bond donors (Lipinski definition) is 2. The molecule has 0 aliphatic carbocycles. The molecule has 0 spiro atoms. The predicted octanol–water partition coefficient (Wildman–Crippen LogP) is 1.25. The van der Waals surface area contributed by atoms with E-state index in [0.29, 0.717) is 5.56 Å². The summed E-state index contributed by atoms with van der Waals surface area (Å²) in [5.74, 6) is -0.248. The standard InChI is InChI=1S/C19H22N6O3S/c1-24(2)29(27,28)18-6-4-3-5-15(18)11-22-19(26)12-21-16-7-9-17(10-8-16)25-14-20-13-23-25/h3-10,13-14,21H,11-12H2,1-2H3,(H,22,26). The number of hydrogen-bond acceptors (Lipinski definition) is 6. The second kappa shape index (κ2) is 8.84. The van der Waals surface area contributed by atoms with Crippen LogP contribution in [-0.2, 0) is 21.4 Å². The van der Waals surface area contributed by atoms with Gasteiger partial charge in [0.15, 0.2) is 0 Å². The molecule has 9 nitrogen and oxygen atoms in total. The van der Waals surface area contributed by atoms with Crippen LogP contribution in [-0.4, -0.2) is 54.0 Å². The predicted molar refractivity (Wildman–Crippen MR) is 109 cm³/mol. The summed E-state index contributed by atoms with van der Waals surface area (Å²) in [6.45, 7) is 0.181. The number of benzene rings is 2. The Hall–Kier alpha value is -3.24. The highest BCUT2D eigenvalue weighted by Gasteiger charge is 2.20. The molecule has 0 radical (unpaired) electrons. The van der Waals surface area contributed by atoms with Gasteiger partial charge in [-0.2, -0.15) is 5.10 Å². The van der Waals surface area contributed by atoms with Crippen molar-refractivity contribution >= 4 is 21.6 Å². The molecule has 2 aromatic carbocycles. The molecule has 29 heavy (non-hydrogen) atoms. The maximum absolute atomic E-state index is 12.4. The maximum atomic E-state index is 12.4. The zero-order chi connectivity index (χ0) is 20.9. The van der Waals surface area contributed by atoms with Crippen LogP contribution in [0.1, 0.15) is 5.56 Å². The van der Waals surface area contributed by atoms with Crippen LogP contribution in [0.25, 0.3) is 5.69 Å². The van der Waals surface area contributed by atoms with E-state index in [9.17, 15) is 13.2 Å². The number of rotatable bonds is 8. The molecule has 0 aliphatic rings. The van der Waals surface area contributed by atoms with Crippen molar-refractivity contribution in [2.75, 3.05) is 26.0 Å². The summed E-state index contributed by atoms with van der Waals surface area (Å²) in [6, 6.07) is 14.0. The Bertz CT molecular complexity index is 1060. The quantitative estimate of drug-likeness (QED) is 0.574. The molecule has 0 saturated heterocycles. The van der Waals surface area contributed by atoms with Crippen molar-refractivity contribution in [2.24, 2.45) is 0 Å². The summed E-state index contributed by atoms with van der Waals surface area (Å²) in [5, 5.41) is 9.83. The van der Waals surface area contributed by atoms with Crippen molar-refractivity contribution in [3.8, 4) is 5.69 Å². The SMILES string of the molecule is CN(C)S(=O)(=O)c1ccccc1CNC(=O)CNc1ccc(-n2cncn2)cc1. The highest BCUT2D eigenvalue weighted by atomic mass is 32.2. The molecular formula is C19H22N6O3S. The smallest absolute Gasteiger partial charge is 0.242 e. The molecule has 1 aromatic heterocycles. The van der Waals surface area contributed by atoms with Gasteiger partial charge in [0.1, 0.15) is 12.7 Å². The number of aromatic nitrogens is 3. The minimum absolute atomic E-state index is 0.0608. The minimum Gasteiger partial charge on any atom is -0.376 e. The Morgan fingerprint density at radius 3 is 2.48 bits per heavy atom. The van der Waals surface area contributed by atoms with Crippen molar-refractivity contribution in [3.63, 3.8) is 0 Å². The lowest BCUT2D eigenvalue weighted by atomic mass is 10.2. The Morgan fingerprint density at radius 1 is 1.10 bits per heavy atom. The molecule has 1 amide bonds. The van der Waals surface area contributed by atoms with E-state index in [4.69, 9.17) is 0 Å². The van der Waals surface area contributed by atoms with Gasteiger partial charge in [-0.05, 0) is 35.9 Å². The summed E-state index contributed by atoms with van der Waals surface area (Å²) in [6.07, 6.45) is 3.06. The highest BCUT2D eigenvalue weighted by Crippen LogP contribution is 2.18. The first-order chi connectivity index (χ1) is 13.9. The van der Waals surface area contributed by atoms with Crippen molar-refractivity contribution < 1.29 is 13.2 Å². The fourth-order valence-corrected chi connectivity index (χ4v) is 3.73. The molecule has 0 bridgehead atoms. The fourth-order valence-electron chi connectivity index (χ4n) is 2.61. The number of anilines is 1. The molecule has 1 heterocycles. The number of nitrogens with zero attached hydrogens (tertiary/aromatic N) is 4. The van der Waals surface area contributed by atoms with Crippen molar-refractivity contribution in [1.82, 2.24) is 24.4 Å². The van der Waals surface area contributed by atoms with Gasteiger partial charge < -0.3 is 10.6 Å². The number of amides is 1. The van der Waals surface area contributed by atoms with E-state index >= 15 is 0 Å². The Morgan fingerprint density at radius 2 is 1.83 bits per heavy atom. The van der Waals surface area contributed by atoms with Crippen LogP contribution in [0.5, 0.6) is 0 Å². The summed E-state index contributed by atoms with van der Waals surface area (Å²) < 4.78 is 27.6. The Balaban J connectivity index is 1.56. The molecule has 152 valence electrons. The third kappa shape index (κ3) is 4.98. The number of sulfonamides is 1. The van der Waals surface area contributed by atoms with Crippen LogP contribution in [0.3, 0.4) is 0 Å². The molecule has 0 saturated carbocycles. The molecular weight excluding hydrogens is 392 g/mol. The van der Waals surface area contributed by atoms with Crippen LogP contribution in [0.4, 0.5) is 5.69 Å². The number of nitrogens with one attached hydrogen (secondary N) is 2. The molecule has 10 heteroatoms. The molecule has 0 fully saturated rings. The average Bonchev–Trinajstić information content (AvgIpc) is 3.26. The fraction of sp³-hybridized carbons (Fsp3) is 0.211. The van der Waals surface area contributed by atoms with Gasteiger partial charge in [-0.15, -0.1) is 0 Å². The van der Waals surface area contributed by atoms with E-state index in [0.717, 1.165) is 15.7 Å². The lowest BCUT2D eigenvalue weighted by Gasteiger charge is -2.15. The van der Waals surface area contributed by atoms with Gasteiger partial charge in [0.2, 0.25) is 15.9 Å². The van der Waals surface area contributed by atoms with Crippen molar-refractivity contribution in [1.29, 1.82) is 0 Å². The van der Waals surface area contributed by atoms with Crippen LogP contribution < -0.4 is 10.6 Å². The number of carbonyl (C=O) groups is 1. The first-order valence-electron chi connectivity index (χ1n) is 8.84. The molecule has 2 N–H and O–H groups in total. The zero-order valence-corrected chi connectivity index (χ0v) is 16.9. The van der Waals surface area contributed by atoms with Gasteiger partial charge >= 0.3 is 0 Å². The highest BCUT2D eigenvalue weighted by molar-refractivity contribution is 7.89. The third-order valence-corrected chi connectivity index (χ3v) is 6.13. The van der Waals surface area contributed by atoms with E-state index in [2.05, 4.69) is 20.7 Å². The first kappa shape index (κ1) is 20.5. The lowest BCUT2D eigenvalue weighted by Crippen LogP contribution is -2.30. The summed E-state index contributed by atoms with van der Waals surface area (Å²) in [5.41, 5.74) is 2.17. The van der Waals surface area contributed by atoms with Gasteiger partial charge in [0.25, 0.3) is 0 Å². The van der Waals surface area contributed by atoms with E-state index < -0.39 is 10.0 Å². The number of carbonyl (C=O) groups excluding carboxylic acids is 1. The topological polar surface area (TPSA) is 109 Å². The Labute approximate surface area is 169 Å². The lowest BCUT2D eigenvalue weighted by molar-refractivity contribution is -0.119. The average molecular weight is 414 g/mol. The maximum Gasteiger partial charge on any atom is 0.242 e. The van der Waals surface area contributed by atoms with Crippen LogP contribution in [0.2, 0.25) is 0 Å². The summed E-state index contributed by atoms with van der Waals surface area (Å²) >= 11 is 0. The van der Waals surface area contributed by atoms with Gasteiger partial charge in [-0.25, -0.2) is 22.4 Å². The summed E-state index contributed by atoms with van der Waals surface area (Å²) in [4.78, 5) is 16.3. The van der Waals surface area contributed by atoms with Crippen LogP contribution in [0.15, 0.2) is 66.1 Å². The van der Waals surface area contributed by atoms with Gasteiger partial charge in [-0.1, -0.05) is 18.2 Å². The molecule has 0 atom stereocenters. The van der Waals surface area contributed by atoms with Gasteiger partial charge in [0.05, 0.1) is 17.1 Å². The van der Waals surface area contributed by atoms with Crippen molar-refractivity contribution in [2.45, 2.75) is 11.4 Å². The van der Waals surface area contributed by atoms with Gasteiger partial charge in [0, 0.05) is 26.3 Å². The van der Waals surface area contributed by atoms with E-state index in [1.807, 2.05) is 24.3 Å².